The lowest BCUT2D eigenvalue weighted by molar-refractivity contribution is -0.122. The Bertz CT molecular complexity index is 1240. The molecule has 0 radical (unpaired) electrons. The molecule has 1 aromatic heterocycles. The van der Waals surface area contributed by atoms with Crippen LogP contribution in [-0.2, 0) is 11.2 Å². The molecular formula is C23H23Cl2N5O3. The molecule has 3 amide bonds. The van der Waals surface area contributed by atoms with Gasteiger partial charge in [0.25, 0.3) is 0 Å². The highest BCUT2D eigenvalue weighted by atomic mass is 35.5. The number of nitrogens with one attached hydrogen (secondary N) is 1. The van der Waals surface area contributed by atoms with E-state index in [2.05, 4.69) is 5.32 Å². The summed E-state index contributed by atoms with van der Waals surface area (Å²) in [6, 6.07) is 10.3. The van der Waals surface area contributed by atoms with E-state index in [1.54, 1.807) is 36.4 Å². The Morgan fingerprint density at radius 2 is 1.85 bits per heavy atom. The van der Waals surface area contributed by atoms with Crippen LogP contribution in [0.3, 0.4) is 0 Å². The van der Waals surface area contributed by atoms with Crippen molar-refractivity contribution in [3.05, 3.63) is 64.3 Å². The number of rotatable bonds is 5. The van der Waals surface area contributed by atoms with Crippen LogP contribution in [0.4, 0.5) is 15.3 Å². The van der Waals surface area contributed by atoms with Crippen LogP contribution < -0.4 is 16.8 Å². The predicted octanol–water partition coefficient (Wildman–Crippen LogP) is 4.01. The Labute approximate surface area is 200 Å². The van der Waals surface area contributed by atoms with Gasteiger partial charge < -0.3 is 21.7 Å². The number of urea groups is 1. The van der Waals surface area contributed by atoms with E-state index in [1.807, 2.05) is 6.07 Å². The first-order valence-electron chi connectivity index (χ1n) is 10.4. The number of amides is 3. The zero-order chi connectivity index (χ0) is 23.7. The van der Waals surface area contributed by atoms with Crippen LogP contribution >= 0.6 is 23.2 Å². The number of fused-ring (bicyclic) bond motifs is 1. The van der Waals surface area contributed by atoms with Crippen LogP contribution in [0, 0.1) is 0 Å². The fourth-order valence-electron chi connectivity index (χ4n) is 4.18. The molecule has 0 unspecified atom stereocenters. The SMILES string of the molecule is NC(=O)n1cc(NC(=O)N2C[C@@H](N)C[C@H]2C(=O)CCc2ccc(Cl)c(Cl)c2)c2ccccc21. The normalized spacial score (nSPS) is 18.0. The number of likely N-dealkylation sites (tertiary alicyclic amines) is 1. The summed E-state index contributed by atoms with van der Waals surface area (Å²) in [7, 11) is 0. The molecule has 0 spiro atoms. The first kappa shape index (κ1) is 23.1. The molecule has 0 aliphatic carbocycles. The van der Waals surface area contributed by atoms with E-state index in [0.717, 1.165) is 5.56 Å². The second-order valence-electron chi connectivity index (χ2n) is 8.08. The van der Waals surface area contributed by atoms with E-state index in [9.17, 15) is 14.4 Å². The van der Waals surface area contributed by atoms with Crippen LogP contribution in [0.15, 0.2) is 48.7 Å². The van der Waals surface area contributed by atoms with Crippen LogP contribution in [-0.4, -0.2) is 45.9 Å². The van der Waals surface area contributed by atoms with Gasteiger partial charge in [0.1, 0.15) is 0 Å². The molecule has 0 bridgehead atoms. The smallest absolute Gasteiger partial charge is 0.323 e. The molecule has 5 N–H and O–H groups in total. The Kier molecular flexibility index (Phi) is 6.60. The van der Waals surface area contributed by atoms with Gasteiger partial charge in [-0.1, -0.05) is 47.5 Å². The molecule has 8 nitrogen and oxygen atoms in total. The number of Topliss-reactive ketones (excluding diaryl/α,β-unsaturated/α-hetero) is 1. The predicted molar refractivity (Wildman–Crippen MR) is 129 cm³/mol. The highest BCUT2D eigenvalue weighted by Gasteiger charge is 2.38. The fraction of sp³-hybridized carbons (Fsp3) is 0.261. The standard InChI is InChI=1S/C23H23Cl2N5O3/c24-16-7-5-13(9-17(16)25)6-8-21(31)20-10-14(26)11-30(20)23(33)28-18-12-29(22(27)32)19-4-2-1-3-15(18)19/h1-5,7,9,12,14,20H,6,8,10-11,26H2,(H2,27,32)(H,28,33)/t14-,20-/m0/s1. The number of hydrogen-bond acceptors (Lipinski definition) is 4. The van der Waals surface area contributed by atoms with Crippen molar-refractivity contribution in [3.63, 3.8) is 0 Å². The maximum absolute atomic E-state index is 13.1. The molecule has 2 heterocycles. The molecule has 4 rings (SSSR count). The number of para-hydroxylation sites is 1. The third-order valence-corrected chi connectivity index (χ3v) is 6.54. The molecule has 1 aliphatic heterocycles. The van der Waals surface area contributed by atoms with Crippen molar-refractivity contribution in [2.75, 3.05) is 11.9 Å². The molecule has 1 fully saturated rings. The van der Waals surface area contributed by atoms with Gasteiger partial charge in [0.2, 0.25) is 0 Å². The third kappa shape index (κ3) is 4.83. The van der Waals surface area contributed by atoms with Gasteiger partial charge in [0, 0.05) is 30.6 Å². The number of anilines is 1. The van der Waals surface area contributed by atoms with E-state index in [-0.39, 0.29) is 24.8 Å². The van der Waals surface area contributed by atoms with Gasteiger partial charge in [-0.25, -0.2) is 9.59 Å². The zero-order valence-electron chi connectivity index (χ0n) is 17.6. The van der Waals surface area contributed by atoms with Gasteiger partial charge in [-0.15, -0.1) is 0 Å². The Morgan fingerprint density at radius 1 is 1.09 bits per heavy atom. The molecule has 10 heteroatoms. The number of aromatic nitrogens is 1. The van der Waals surface area contributed by atoms with Crippen LogP contribution in [0.5, 0.6) is 0 Å². The van der Waals surface area contributed by atoms with Gasteiger partial charge in [0.15, 0.2) is 5.78 Å². The summed E-state index contributed by atoms with van der Waals surface area (Å²) in [5.41, 5.74) is 13.4. The molecule has 2 atom stereocenters. The van der Waals surface area contributed by atoms with E-state index >= 15 is 0 Å². The monoisotopic (exact) mass is 487 g/mol. The van der Waals surface area contributed by atoms with Gasteiger partial charge in [0.05, 0.1) is 27.3 Å². The Balaban J connectivity index is 1.49. The summed E-state index contributed by atoms with van der Waals surface area (Å²) in [6.45, 7) is 0.253. The number of nitrogens with two attached hydrogens (primary N) is 2. The number of aryl methyl sites for hydroxylation is 1. The van der Waals surface area contributed by atoms with Crippen molar-refractivity contribution in [1.82, 2.24) is 9.47 Å². The molecule has 3 aromatic rings. The molecule has 2 aromatic carbocycles. The summed E-state index contributed by atoms with van der Waals surface area (Å²) < 4.78 is 1.26. The summed E-state index contributed by atoms with van der Waals surface area (Å²) in [4.78, 5) is 39.3. The lowest BCUT2D eigenvalue weighted by atomic mass is 10.0. The second-order valence-corrected chi connectivity index (χ2v) is 8.89. The number of benzene rings is 2. The topological polar surface area (TPSA) is 123 Å². The third-order valence-electron chi connectivity index (χ3n) is 5.80. The first-order chi connectivity index (χ1) is 15.7. The highest BCUT2D eigenvalue weighted by molar-refractivity contribution is 6.42. The van der Waals surface area contributed by atoms with Crippen molar-refractivity contribution >= 4 is 57.6 Å². The minimum Gasteiger partial charge on any atom is -0.351 e. The lowest BCUT2D eigenvalue weighted by Gasteiger charge is -2.23. The van der Waals surface area contributed by atoms with Crippen molar-refractivity contribution in [2.45, 2.75) is 31.3 Å². The number of primary amides is 1. The van der Waals surface area contributed by atoms with Gasteiger partial charge in [-0.2, -0.15) is 0 Å². The highest BCUT2D eigenvalue weighted by Crippen LogP contribution is 2.28. The number of halogens is 2. The lowest BCUT2D eigenvalue weighted by Crippen LogP contribution is -2.43. The van der Waals surface area contributed by atoms with Crippen molar-refractivity contribution in [1.29, 1.82) is 0 Å². The van der Waals surface area contributed by atoms with Gasteiger partial charge in [-0.05, 0) is 36.6 Å². The summed E-state index contributed by atoms with van der Waals surface area (Å²) in [5, 5.41) is 4.36. The fourth-order valence-corrected chi connectivity index (χ4v) is 4.50. The first-order valence-corrected chi connectivity index (χ1v) is 11.2. The van der Waals surface area contributed by atoms with Gasteiger partial charge in [-0.3, -0.25) is 9.36 Å². The summed E-state index contributed by atoms with van der Waals surface area (Å²) in [5.74, 6) is -0.0799. The number of carbonyl (C=O) groups excluding carboxylic acids is 3. The number of ketones is 1. The number of nitrogens with zero attached hydrogens (tertiary/aromatic N) is 2. The van der Waals surface area contributed by atoms with E-state index in [1.165, 1.54) is 15.7 Å². The molecule has 1 saturated heterocycles. The molecule has 172 valence electrons. The van der Waals surface area contributed by atoms with Crippen molar-refractivity contribution < 1.29 is 14.4 Å². The van der Waals surface area contributed by atoms with Gasteiger partial charge >= 0.3 is 12.1 Å². The average molecular weight is 488 g/mol. The Hall–Kier alpha value is -3.07. The van der Waals surface area contributed by atoms with Crippen molar-refractivity contribution in [3.8, 4) is 0 Å². The summed E-state index contributed by atoms with van der Waals surface area (Å²) in [6.07, 6.45) is 2.57. The maximum atomic E-state index is 13.1. The van der Waals surface area contributed by atoms with Crippen LogP contribution in [0.2, 0.25) is 10.0 Å². The molecule has 1 aliphatic rings. The average Bonchev–Trinajstić information content (AvgIpc) is 3.35. The van der Waals surface area contributed by atoms with E-state index in [0.29, 0.717) is 39.5 Å². The second kappa shape index (κ2) is 9.43. The largest absolute Gasteiger partial charge is 0.351 e. The number of hydrogen-bond donors (Lipinski definition) is 3. The van der Waals surface area contributed by atoms with Crippen LogP contribution in [0.25, 0.3) is 10.9 Å². The molecule has 0 saturated carbocycles. The minimum absolute atomic E-state index is 0.0799. The van der Waals surface area contributed by atoms with Crippen LogP contribution in [0.1, 0.15) is 18.4 Å². The molecular weight excluding hydrogens is 465 g/mol. The van der Waals surface area contributed by atoms with E-state index < -0.39 is 18.1 Å². The molecule has 33 heavy (non-hydrogen) atoms. The Morgan fingerprint density at radius 3 is 2.58 bits per heavy atom. The summed E-state index contributed by atoms with van der Waals surface area (Å²) >= 11 is 12.0. The number of carbonyl (C=O) groups is 3. The minimum atomic E-state index is -0.662. The van der Waals surface area contributed by atoms with Crippen molar-refractivity contribution in [2.24, 2.45) is 11.5 Å². The zero-order valence-corrected chi connectivity index (χ0v) is 19.1. The maximum Gasteiger partial charge on any atom is 0.323 e. The quantitative estimate of drug-likeness (QED) is 0.502. The van der Waals surface area contributed by atoms with E-state index in [4.69, 9.17) is 34.7 Å².